The number of furan rings is 1. The molecule has 0 saturated heterocycles. The van der Waals surface area contributed by atoms with Gasteiger partial charge in [0.15, 0.2) is 0 Å². The molecule has 0 aliphatic heterocycles. The third-order valence-corrected chi connectivity index (χ3v) is 5.43. The molecule has 2 N–H and O–H groups in total. The number of fused-ring (bicyclic) bond motifs is 1. The maximum atomic E-state index is 12.0. The van der Waals surface area contributed by atoms with Crippen molar-refractivity contribution in [2.24, 2.45) is 5.73 Å². The minimum atomic E-state index is -0.266. The van der Waals surface area contributed by atoms with E-state index in [4.69, 9.17) is 19.6 Å². The summed E-state index contributed by atoms with van der Waals surface area (Å²) in [5.74, 6) is 0.408. The van der Waals surface area contributed by atoms with Gasteiger partial charge in [-0.2, -0.15) is 0 Å². The molecule has 34 heavy (non-hydrogen) atoms. The highest BCUT2D eigenvalue weighted by atomic mass is 16.5. The summed E-state index contributed by atoms with van der Waals surface area (Å²) in [6.45, 7) is 8.64. The third kappa shape index (κ3) is 5.86. The van der Waals surface area contributed by atoms with E-state index in [0.717, 1.165) is 38.8 Å². The predicted octanol–water partition coefficient (Wildman–Crippen LogP) is 6.83. The number of carbonyl (C=O) groups is 1. The summed E-state index contributed by atoms with van der Waals surface area (Å²) in [5, 5.41) is 1.01. The lowest BCUT2D eigenvalue weighted by Gasteiger charge is -2.19. The molecular weight excluding hydrogens is 426 g/mol. The minimum absolute atomic E-state index is 0.175. The molecule has 5 heteroatoms. The first-order valence-electron chi connectivity index (χ1n) is 11.8. The second kappa shape index (κ2) is 12.1. The quantitative estimate of drug-likeness (QED) is 0.292. The minimum Gasteiger partial charge on any atom is -0.486 e. The van der Waals surface area contributed by atoms with E-state index in [1.807, 2.05) is 63.2 Å². The highest BCUT2D eigenvalue weighted by molar-refractivity contribution is 5.93. The SMILES string of the molecule is CC.CCOC(=O)Cc1ccccc1OC(C)c1cc(-c2cccc(CN)c2)c2occc2c1. The molecule has 0 spiro atoms. The Hall–Kier alpha value is -3.57. The second-order valence-electron chi connectivity index (χ2n) is 7.66. The highest BCUT2D eigenvalue weighted by Crippen LogP contribution is 2.35. The van der Waals surface area contributed by atoms with E-state index in [2.05, 4.69) is 24.3 Å². The van der Waals surface area contributed by atoms with Gasteiger partial charge in [-0.3, -0.25) is 4.79 Å². The Bertz CT molecular complexity index is 1230. The number of nitrogens with two attached hydrogens (primary N) is 1. The van der Waals surface area contributed by atoms with Crippen molar-refractivity contribution in [1.29, 1.82) is 0 Å². The van der Waals surface area contributed by atoms with Gasteiger partial charge in [-0.15, -0.1) is 0 Å². The van der Waals surface area contributed by atoms with E-state index in [9.17, 15) is 4.79 Å². The number of rotatable bonds is 8. The molecule has 178 valence electrons. The van der Waals surface area contributed by atoms with Crippen molar-refractivity contribution >= 4 is 16.9 Å². The maximum Gasteiger partial charge on any atom is 0.310 e. The van der Waals surface area contributed by atoms with Gasteiger partial charge in [0, 0.05) is 23.1 Å². The molecule has 5 nitrogen and oxygen atoms in total. The molecule has 1 atom stereocenters. The van der Waals surface area contributed by atoms with Crippen molar-refractivity contribution in [2.45, 2.75) is 46.8 Å². The van der Waals surface area contributed by atoms with Crippen molar-refractivity contribution in [2.75, 3.05) is 6.61 Å². The summed E-state index contributed by atoms with van der Waals surface area (Å²) < 4.78 is 17.2. The number of hydrogen-bond donors (Lipinski definition) is 1. The molecule has 0 aliphatic rings. The van der Waals surface area contributed by atoms with Gasteiger partial charge >= 0.3 is 5.97 Å². The van der Waals surface area contributed by atoms with Gasteiger partial charge in [0.25, 0.3) is 0 Å². The molecule has 1 unspecified atom stereocenters. The first kappa shape index (κ1) is 25.1. The first-order chi connectivity index (χ1) is 16.6. The molecule has 4 aromatic rings. The molecule has 0 fully saturated rings. The fraction of sp³-hybridized carbons (Fsp3) is 0.276. The Morgan fingerprint density at radius 1 is 1.03 bits per heavy atom. The zero-order valence-electron chi connectivity index (χ0n) is 20.3. The van der Waals surface area contributed by atoms with Crippen LogP contribution in [0.5, 0.6) is 5.75 Å². The number of ether oxygens (including phenoxy) is 2. The van der Waals surface area contributed by atoms with Gasteiger partial charge in [-0.25, -0.2) is 0 Å². The van der Waals surface area contributed by atoms with Crippen LogP contribution in [-0.2, 0) is 22.5 Å². The van der Waals surface area contributed by atoms with Crippen LogP contribution in [-0.4, -0.2) is 12.6 Å². The lowest BCUT2D eigenvalue weighted by molar-refractivity contribution is -0.142. The Morgan fingerprint density at radius 2 is 1.82 bits per heavy atom. The van der Waals surface area contributed by atoms with Crippen molar-refractivity contribution < 1.29 is 18.7 Å². The Kier molecular flexibility index (Phi) is 8.88. The number of benzene rings is 3. The molecule has 1 heterocycles. The van der Waals surface area contributed by atoms with Crippen LogP contribution in [0, 0.1) is 0 Å². The number of para-hydroxylation sites is 1. The van der Waals surface area contributed by atoms with Crippen molar-refractivity contribution in [3.63, 3.8) is 0 Å². The van der Waals surface area contributed by atoms with Crippen molar-refractivity contribution in [3.8, 4) is 16.9 Å². The fourth-order valence-electron chi connectivity index (χ4n) is 3.81. The standard InChI is InChI=1S/C27H27NO4.C2H6/c1-3-30-26(29)16-21-8-4-5-10-25(21)32-18(2)23-14-22-11-12-31-27(22)24(15-23)20-9-6-7-19(13-20)17-28;1-2/h4-15,18H,3,16-17,28H2,1-2H3;1-2H3. The largest absolute Gasteiger partial charge is 0.486 e. The molecule has 1 aromatic heterocycles. The molecule has 0 amide bonds. The second-order valence-corrected chi connectivity index (χ2v) is 7.66. The van der Waals surface area contributed by atoms with E-state index in [1.54, 1.807) is 13.2 Å². The summed E-state index contributed by atoms with van der Waals surface area (Å²) in [6, 6.07) is 21.9. The van der Waals surface area contributed by atoms with Gasteiger partial charge in [0.05, 0.1) is 19.3 Å². The molecule has 0 aliphatic carbocycles. The van der Waals surface area contributed by atoms with Crippen molar-refractivity contribution in [3.05, 3.63) is 89.7 Å². The molecule has 0 radical (unpaired) electrons. The number of esters is 1. The van der Waals surface area contributed by atoms with Crippen LogP contribution in [0.1, 0.15) is 50.5 Å². The number of carbonyl (C=O) groups excluding carboxylic acids is 1. The summed E-state index contributed by atoms with van der Waals surface area (Å²) >= 11 is 0. The average Bonchev–Trinajstić information content (AvgIpc) is 3.35. The smallest absolute Gasteiger partial charge is 0.310 e. The van der Waals surface area contributed by atoms with Gasteiger partial charge in [0.2, 0.25) is 0 Å². The van der Waals surface area contributed by atoms with Crippen LogP contribution in [0.4, 0.5) is 0 Å². The summed E-state index contributed by atoms with van der Waals surface area (Å²) in [7, 11) is 0. The van der Waals surface area contributed by atoms with E-state index >= 15 is 0 Å². The first-order valence-corrected chi connectivity index (χ1v) is 11.8. The Labute approximate surface area is 201 Å². The molecule has 3 aromatic carbocycles. The maximum absolute atomic E-state index is 12.0. The van der Waals surface area contributed by atoms with Crippen LogP contribution in [0.15, 0.2) is 77.4 Å². The zero-order valence-corrected chi connectivity index (χ0v) is 20.3. The molecule has 4 rings (SSSR count). The normalized spacial score (nSPS) is 11.4. The average molecular weight is 460 g/mol. The lowest BCUT2D eigenvalue weighted by atomic mass is 9.97. The predicted molar refractivity (Wildman–Crippen MR) is 137 cm³/mol. The number of hydrogen-bond acceptors (Lipinski definition) is 5. The van der Waals surface area contributed by atoms with Crippen LogP contribution in [0.2, 0.25) is 0 Å². The molecular formula is C29H33NO4. The van der Waals surface area contributed by atoms with Crippen molar-refractivity contribution in [1.82, 2.24) is 0 Å². The highest BCUT2D eigenvalue weighted by Gasteiger charge is 2.17. The van der Waals surface area contributed by atoms with E-state index < -0.39 is 0 Å². The van der Waals surface area contributed by atoms with Gasteiger partial charge in [-0.1, -0.05) is 50.2 Å². The van der Waals surface area contributed by atoms with Gasteiger partial charge in [-0.05, 0) is 60.9 Å². The zero-order chi connectivity index (χ0) is 24.5. The van der Waals surface area contributed by atoms with Crippen LogP contribution < -0.4 is 10.5 Å². The van der Waals surface area contributed by atoms with Crippen LogP contribution in [0.25, 0.3) is 22.1 Å². The monoisotopic (exact) mass is 459 g/mol. The molecule has 0 bridgehead atoms. The third-order valence-electron chi connectivity index (χ3n) is 5.43. The Morgan fingerprint density at radius 3 is 2.59 bits per heavy atom. The topological polar surface area (TPSA) is 74.7 Å². The van der Waals surface area contributed by atoms with E-state index in [1.165, 1.54) is 0 Å². The van der Waals surface area contributed by atoms with Crippen LogP contribution >= 0.6 is 0 Å². The van der Waals surface area contributed by atoms with E-state index in [-0.39, 0.29) is 18.5 Å². The van der Waals surface area contributed by atoms with Crippen LogP contribution in [0.3, 0.4) is 0 Å². The molecule has 0 saturated carbocycles. The van der Waals surface area contributed by atoms with Gasteiger partial charge in [0.1, 0.15) is 17.4 Å². The van der Waals surface area contributed by atoms with Gasteiger partial charge < -0.3 is 19.6 Å². The lowest BCUT2D eigenvalue weighted by Crippen LogP contribution is -2.10. The summed E-state index contributed by atoms with van der Waals surface area (Å²) in [4.78, 5) is 12.0. The fourth-order valence-corrected chi connectivity index (χ4v) is 3.81. The van der Waals surface area contributed by atoms with E-state index in [0.29, 0.717) is 18.9 Å². The summed E-state index contributed by atoms with van der Waals surface area (Å²) in [6.07, 6.45) is 1.63. The Balaban J connectivity index is 0.00000158. The summed E-state index contributed by atoms with van der Waals surface area (Å²) in [5.41, 5.74) is 11.6.